The molecule has 0 unspecified atom stereocenters. The maximum absolute atomic E-state index is 13.2. The lowest BCUT2D eigenvalue weighted by Gasteiger charge is -2.34. The van der Waals surface area contributed by atoms with Crippen molar-refractivity contribution in [1.29, 1.82) is 0 Å². The Labute approximate surface area is 210 Å². The predicted octanol–water partition coefficient (Wildman–Crippen LogP) is 4.06. The number of methoxy groups -OCH3 is 1. The fourth-order valence-corrected chi connectivity index (χ4v) is 4.98. The molecule has 0 bridgehead atoms. The quantitative estimate of drug-likeness (QED) is 0.511. The molecule has 1 fully saturated rings. The van der Waals surface area contributed by atoms with E-state index in [1.165, 1.54) is 36.6 Å². The monoisotopic (exact) mass is 518 g/mol. The molecule has 190 valence electrons. The number of alkyl halides is 3. The molecule has 1 aliphatic heterocycles. The van der Waals surface area contributed by atoms with Crippen molar-refractivity contribution < 1.29 is 27.5 Å². The predicted molar refractivity (Wildman–Crippen MR) is 129 cm³/mol. The lowest BCUT2D eigenvalue weighted by molar-refractivity contribution is -0.138. The van der Waals surface area contributed by atoms with Gasteiger partial charge in [-0.25, -0.2) is 4.98 Å². The van der Waals surface area contributed by atoms with E-state index in [0.29, 0.717) is 49.0 Å². The number of nitrogens with zero attached hydrogens (tertiary/aromatic N) is 3. The summed E-state index contributed by atoms with van der Waals surface area (Å²) in [7, 11) is 1.48. The van der Waals surface area contributed by atoms with Crippen molar-refractivity contribution in [3.63, 3.8) is 0 Å². The number of nitrogens with one attached hydrogen (secondary N) is 1. The first-order valence-corrected chi connectivity index (χ1v) is 12.1. The zero-order valence-corrected chi connectivity index (χ0v) is 20.4. The molecule has 36 heavy (non-hydrogen) atoms. The SMILES string of the molecule is COc1ncccc1C(=O)N1CCN(Cc2ccc(C(=O)NCc3ccccc3C(F)(F)F)s2)CC1. The van der Waals surface area contributed by atoms with Gasteiger partial charge in [0.1, 0.15) is 5.56 Å². The Morgan fingerprint density at radius 1 is 1.06 bits per heavy atom. The van der Waals surface area contributed by atoms with Gasteiger partial charge in [0.2, 0.25) is 5.88 Å². The molecule has 3 heterocycles. The van der Waals surface area contributed by atoms with Gasteiger partial charge in [-0.05, 0) is 35.9 Å². The summed E-state index contributed by atoms with van der Waals surface area (Å²) in [4.78, 5) is 34.8. The zero-order chi connectivity index (χ0) is 25.7. The number of carbonyl (C=O) groups is 2. The second-order valence-electron chi connectivity index (χ2n) is 8.23. The van der Waals surface area contributed by atoms with Gasteiger partial charge in [0.15, 0.2) is 0 Å². The standard InChI is InChI=1S/C25H25F3N4O3S/c1-35-23-19(6-4-10-29-23)24(34)32-13-11-31(12-14-32)16-18-8-9-21(36-18)22(33)30-15-17-5-2-3-7-20(17)25(26,27)28/h2-10H,11-16H2,1H3,(H,30,33). The molecule has 2 amide bonds. The third-order valence-electron chi connectivity index (χ3n) is 5.88. The molecule has 1 N–H and O–H groups in total. The number of carbonyl (C=O) groups excluding carboxylic acids is 2. The van der Waals surface area contributed by atoms with E-state index in [4.69, 9.17) is 4.74 Å². The van der Waals surface area contributed by atoms with Crippen LogP contribution < -0.4 is 10.1 Å². The van der Waals surface area contributed by atoms with Gasteiger partial charge in [0.25, 0.3) is 11.8 Å². The van der Waals surface area contributed by atoms with E-state index in [9.17, 15) is 22.8 Å². The molecule has 1 aromatic carbocycles. The summed E-state index contributed by atoms with van der Waals surface area (Å²) in [6, 6.07) is 12.1. The van der Waals surface area contributed by atoms with Gasteiger partial charge in [0, 0.05) is 50.3 Å². The summed E-state index contributed by atoms with van der Waals surface area (Å²) in [5.41, 5.74) is -0.302. The molecule has 7 nitrogen and oxygen atoms in total. The van der Waals surface area contributed by atoms with Gasteiger partial charge >= 0.3 is 6.18 Å². The van der Waals surface area contributed by atoms with Crippen molar-refractivity contribution in [2.24, 2.45) is 0 Å². The molecular formula is C25H25F3N4O3S. The minimum absolute atomic E-state index is 0.0199. The minimum atomic E-state index is -4.48. The molecule has 4 rings (SSSR count). The molecule has 1 aliphatic rings. The van der Waals surface area contributed by atoms with Crippen LogP contribution in [0.2, 0.25) is 0 Å². The number of ether oxygens (including phenoxy) is 1. The van der Waals surface area contributed by atoms with Crippen LogP contribution in [0.1, 0.15) is 36.0 Å². The number of pyridine rings is 1. The molecule has 1 saturated heterocycles. The van der Waals surface area contributed by atoms with E-state index >= 15 is 0 Å². The van der Waals surface area contributed by atoms with Crippen LogP contribution in [0.3, 0.4) is 0 Å². The molecule has 0 saturated carbocycles. The summed E-state index contributed by atoms with van der Waals surface area (Å²) in [5, 5.41) is 2.59. The van der Waals surface area contributed by atoms with E-state index in [1.54, 1.807) is 29.3 Å². The summed E-state index contributed by atoms with van der Waals surface area (Å²) < 4.78 is 44.7. The Bertz CT molecular complexity index is 1220. The van der Waals surface area contributed by atoms with Crippen molar-refractivity contribution in [3.05, 3.63) is 81.2 Å². The van der Waals surface area contributed by atoms with Crippen LogP contribution in [0, 0.1) is 0 Å². The van der Waals surface area contributed by atoms with Crippen LogP contribution in [-0.4, -0.2) is 59.9 Å². The Balaban J connectivity index is 1.29. The number of aromatic nitrogens is 1. The highest BCUT2D eigenvalue weighted by molar-refractivity contribution is 7.14. The summed E-state index contributed by atoms with van der Waals surface area (Å²) in [6.07, 6.45) is -2.90. The van der Waals surface area contributed by atoms with Crippen LogP contribution in [0.4, 0.5) is 13.2 Å². The first kappa shape index (κ1) is 25.6. The number of benzene rings is 1. The average Bonchev–Trinajstić information content (AvgIpc) is 3.35. The number of rotatable bonds is 7. The molecule has 0 atom stereocenters. The normalized spacial score (nSPS) is 14.5. The molecule has 0 spiro atoms. The Morgan fingerprint density at radius 3 is 2.53 bits per heavy atom. The van der Waals surface area contributed by atoms with Crippen molar-refractivity contribution in [3.8, 4) is 5.88 Å². The second-order valence-corrected chi connectivity index (χ2v) is 9.40. The van der Waals surface area contributed by atoms with Gasteiger partial charge in [0.05, 0.1) is 17.6 Å². The highest BCUT2D eigenvalue weighted by atomic mass is 32.1. The molecular weight excluding hydrogens is 493 g/mol. The van der Waals surface area contributed by atoms with E-state index in [1.807, 2.05) is 6.07 Å². The van der Waals surface area contributed by atoms with Crippen molar-refractivity contribution >= 4 is 23.2 Å². The number of halogens is 3. The van der Waals surface area contributed by atoms with Crippen LogP contribution in [0.5, 0.6) is 5.88 Å². The van der Waals surface area contributed by atoms with Gasteiger partial charge in [-0.15, -0.1) is 11.3 Å². The van der Waals surface area contributed by atoms with Gasteiger partial charge in [-0.1, -0.05) is 18.2 Å². The highest BCUT2D eigenvalue weighted by Gasteiger charge is 2.33. The number of piperazine rings is 1. The lowest BCUT2D eigenvalue weighted by atomic mass is 10.1. The van der Waals surface area contributed by atoms with Crippen LogP contribution in [0.25, 0.3) is 0 Å². The topological polar surface area (TPSA) is 74.8 Å². The Morgan fingerprint density at radius 2 is 1.81 bits per heavy atom. The third-order valence-corrected chi connectivity index (χ3v) is 6.95. The second kappa shape index (κ2) is 11.1. The van der Waals surface area contributed by atoms with E-state index in [0.717, 1.165) is 10.9 Å². The Hall–Kier alpha value is -3.44. The van der Waals surface area contributed by atoms with E-state index in [-0.39, 0.29) is 18.0 Å². The van der Waals surface area contributed by atoms with Gasteiger partial charge in [-0.3, -0.25) is 14.5 Å². The number of hydrogen-bond donors (Lipinski definition) is 1. The first-order chi connectivity index (χ1) is 17.3. The van der Waals surface area contributed by atoms with Crippen molar-refractivity contribution in [2.45, 2.75) is 19.3 Å². The smallest absolute Gasteiger partial charge is 0.416 e. The van der Waals surface area contributed by atoms with Crippen LogP contribution >= 0.6 is 11.3 Å². The number of hydrogen-bond acceptors (Lipinski definition) is 6. The van der Waals surface area contributed by atoms with Crippen molar-refractivity contribution in [1.82, 2.24) is 20.1 Å². The molecule has 11 heteroatoms. The average molecular weight is 519 g/mol. The maximum atomic E-state index is 13.2. The fourth-order valence-electron chi connectivity index (χ4n) is 4.01. The molecule has 0 aliphatic carbocycles. The number of amides is 2. The van der Waals surface area contributed by atoms with Gasteiger partial charge in [-0.2, -0.15) is 13.2 Å². The molecule has 3 aromatic rings. The van der Waals surface area contributed by atoms with Crippen LogP contribution in [0.15, 0.2) is 54.7 Å². The van der Waals surface area contributed by atoms with Crippen molar-refractivity contribution in [2.75, 3.05) is 33.3 Å². The zero-order valence-electron chi connectivity index (χ0n) is 19.5. The summed E-state index contributed by atoms with van der Waals surface area (Å²) in [6.45, 7) is 2.85. The highest BCUT2D eigenvalue weighted by Crippen LogP contribution is 2.32. The first-order valence-electron chi connectivity index (χ1n) is 11.3. The largest absolute Gasteiger partial charge is 0.480 e. The Kier molecular flexibility index (Phi) is 7.90. The van der Waals surface area contributed by atoms with E-state index < -0.39 is 17.6 Å². The summed E-state index contributed by atoms with van der Waals surface area (Å²) >= 11 is 1.31. The number of thiophene rings is 1. The fraction of sp³-hybridized carbons (Fsp3) is 0.320. The van der Waals surface area contributed by atoms with Gasteiger partial charge < -0.3 is 15.0 Å². The molecule has 0 radical (unpaired) electrons. The van der Waals surface area contributed by atoms with E-state index in [2.05, 4.69) is 15.2 Å². The lowest BCUT2D eigenvalue weighted by Crippen LogP contribution is -2.48. The maximum Gasteiger partial charge on any atom is 0.416 e. The summed E-state index contributed by atoms with van der Waals surface area (Å²) in [5.74, 6) is -0.234. The molecule has 2 aromatic heterocycles. The third kappa shape index (κ3) is 6.03. The van der Waals surface area contributed by atoms with Crippen LogP contribution in [-0.2, 0) is 19.3 Å². The minimum Gasteiger partial charge on any atom is -0.480 e.